The zero-order chi connectivity index (χ0) is 50.0. The van der Waals surface area contributed by atoms with E-state index in [9.17, 15) is 85.0 Å². The molecule has 0 aromatic rings. The quantitative estimate of drug-likeness (QED) is 0.0638. The van der Waals surface area contributed by atoms with Crippen molar-refractivity contribution >= 4 is 10.4 Å². The molecule has 8 fully saturated rings. The highest BCUT2D eigenvalue weighted by Crippen LogP contribution is 2.40. The van der Waals surface area contributed by atoms with Gasteiger partial charge in [-0.05, 0) is 0 Å². The molecule has 0 amide bonds. The molecular formula is C36H58O32S. The summed E-state index contributed by atoms with van der Waals surface area (Å²) in [5.74, 6) is 0. The second kappa shape index (κ2) is 21.9. The van der Waals surface area contributed by atoms with Crippen LogP contribution < -0.4 is 0 Å². The topological polar surface area (TPSA) is 487 Å². The monoisotopic (exact) mass is 1030 g/mol. The Balaban J connectivity index is 0.899. The third kappa shape index (κ3) is 10.8. The van der Waals surface area contributed by atoms with Crippen molar-refractivity contribution in [1.82, 2.24) is 0 Å². The van der Waals surface area contributed by atoms with Crippen LogP contribution in [0.1, 0.15) is 0 Å². The van der Waals surface area contributed by atoms with Gasteiger partial charge in [-0.2, -0.15) is 8.42 Å². The third-order valence-corrected chi connectivity index (χ3v) is 13.6. The molecule has 33 heteroatoms. The number of ether oxygens (including phenoxy) is 13. The highest BCUT2D eigenvalue weighted by atomic mass is 32.3. The van der Waals surface area contributed by atoms with Crippen molar-refractivity contribution < 1.29 is 155 Å². The Morgan fingerprint density at radius 1 is 0.391 bits per heavy atom. The molecule has 0 saturated carbocycles. The van der Waals surface area contributed by atoms with E-state index in [1.807, 2.05) is 0 Å². The van der Waals surface area contributed by atoms with Crippen molar-refractivity contribution in [3.8, 4) is 0 Å². The molecule has 4 bridgehead atoms. The van der Waals surface area contributed by atoms with Gasteiger partial charge in [0.05, 0.1) is 39.6 Å². The summed E-state index contributed by atoms with van der Waals surface area (Å²) in [6.45, 7) is -4.14. The van der Waals surface area contributed by atoms with Gasteiger partial charge >= 0.3 is 10.4 Å². The Kier molecular flexibility index (Phi) is 17.2. The fraction of sp³-hybridized carbons (Fsp3) is 1.00. The summed E-state index contributed by atoms with van der Waals surface area (Å²) in [4.78, 5) is 0. The van der Waals surface area contributed by atoms with Crippen LogP contribution in [0.5, 0.6) is 0 Å². The smallest absolute Gasteiger partial charge is 0.394 e. The normalized spacial score (nSPS) is 53.6. The van der Waals surface area contributed by atoms with Gasteiger partial charge in [0.2, 0.25) is 0 Å². The molecule has 8 heterocycles. The molecule has 0 aromatic heterocycles. The second-order valence-electron chi connectivity index (χ2n) is 17.5. The summed E-state index contributed by atoms with van der Waals surface area (Å²) in [5, 5.41) is 160. The SMILES string of the molecule is O=S(=O)(O)OC[C@@H]1O[C@@H](O[C@H]2[C@@H](O)[C@@H](CO)O[C@@H](O[C@H]3[C@H]4OC[C@@H]3O[C@@H](O[C@H]3[C@@H](O)[C@@H](CO)O[C@@H](O[C@H]5[C@H]6OC[C@@H]5O[C@@H](O[C@H]5[C@@H](O)[C@@H](CO)OC(O)[C@@H]5O)[C@H]6O)[C@@H]3O)[C@H]4O)[C@@H]2O)[C@@H](O)[C@H](O)[C@@H]1O. The van der Waals surface area contributed by atoms with Crippen LogP contribution in [0.3, 0.4) is 0 Å². The zero-order valence-corrected chi connectivity index (χ0v) is 36.5. The van der Waals surface area contributed by atoms with E-state index in [-0.39, 0.29) is 13.2 Å². The largest absolute Gasteiger partial charge is 0.397 e. The van der Waals surface area contributed by atoms with E-state index < -0.39 is 221 Å². The van der Waals surface area contributed by atoms with E-state index in [1.165, 1.54) is 0 Å². The second-order valence-corrected chi connectivity index (χ2v) is 18.6. The molecule has 400 valence electrons. The Hall–Kier alpha value is -1.25. The minimum absolute atomic E-state index is 0.223. The fourth-order valence-electron chi connectivity index (χ4n) is 9.38. The van der Waals surface area contributed by atoms with Crippen molar-refractivity contribution in [2.45, 2.75) is 184 Å². The van der Waals surface area contributed by atoms with Crippen molar-refractivity contribution in [1.29, 1.82) is 0 Å². The Bertz CT molecular complexity index is 1790. The number of fused-ring (bicyclic) bond motifs is 4. The standard InChI is InChI=1S/C36H58O32S/c37-1-7-14(41)26(19(46)31(51)58-7)66-35-22(49)29-24(11(62-35)4-55-29)65-34-21(48)28(16(43)9(3-39)60-34)68-36-23(50)30-25(12(63-36)5-56-30)64-33-20(47)27(15(42)8(2-38)59-33)67-32-18(45)17(44)13(40)10(61-32)6-57-69(52,53)54/h7-51H,1-6H2,(H,52,53,54)/t7-,8-,9-,10+,11+,12+,13-,14+,15+,16+,17-,18+,19-,20-,21-,22+,23+,24-,25-,26+,27+,28+,29+,30+,31?,32+,33+,34+,35+,36+/m1/s1. The van der Waals surface area contributed by atoms with Gasteiger partial charge in [-0.1, -0.05) is 0 Å². The van der Waals surface area contributed by atoms with Gasteiger partial charge in [-0.3, -0.25) is 4.55 Å². The van der Waals surface area contributed by atoms with Crippen LogP contribution in [0.2, 0.25) is 0 Å². The highest BCUT2D eigenvalue weighted by Gasteiger charge is 2.60. The van der Waals surface area contributed by atoms with Gasteiger partial charge in [0.15, 0.2) is 37.7 Å². The van der Waals surface area contributed by atoms with Crippen LogP contribution in [-0.4, -0.2) is 313 Å². The number of aliphatic hydroxyl groups is 15. The van der Waals surface area contributed by atoms with Crippen molar-refractivity contribution in [2.75, 3.05) is 39.6 Å². The molecule has 8 saturated heterocycles. The minimum Gasteiger partial charge on any atom is -0.394 e. The number of rotatable bonds is 16. The molecule has 16 N–H and O–H groups in total. The van der Waals surface area contributed by atoms with Gasteiger partial charge in [-0.15, -0.1) is 0 Å². The average molecular weight is 1030 g/mol. The summed E-state index contributed by atoms with van der Waals surface area (Å²) in [7, 11) is -5.06. The molecule has 30 atom stereocenters. The summed E-state index contributed by atoms with van der Waals surface area (Å²) >= 11 is 0. The molecule has 0 aliphatic carbocycles. The first-order valence-corrected chi connectivity index (χ1v) is 23.1. The molecule has 32 nitrogen and oxygen atoms in total. The molecule has 8 aliphatic rings. The third-order valence-electron chi connectivity index (χ3n) is 13.1. The Morgan fingerprint density at radius 2 is 0.754 bits per heavy atom. The molecule has 0 spiro atoms. The summed E-state index contributed by atoms with van der Waals surface area (Å²) in [6.07, 6.45) is -50.7. The number of aliphatic hydroxyl groups excluding tert-OH is 15. The molecule has 8 aliphatic heterocycles. The zero-order valence-electron chi connectivity index (χ0n) is 35.7. The first-order valence-electron chi connectivity index (χ1n) is 21.7. The van der Waals surface area contributed by atoms with Crippen molar-refractivity contribution in [3.05, 3.63) is 0 Å². The van der Waals surface area contributed by atoms with Crippen LogP contribution in [0.15, 0.2) is 0 Å². The molecule has 8 rings (SSSR count). The summed E-state index contributed by atoms with van der Waals surface area (Å²) in [5.41, 5.74) is 0. The first-order chi connectivity index (χ1) is 32.7. The maximum absolute atomic E-state index is 11.5. The van der Waals surface area contributed by atoms with Gasteiger partial charge in [0.1, 0.15) is 146 Å². The van der Waals surface area contributed by atoms with Crippen LogP contribution in [0.25, 0.3) is 0 Å². The molecule has 69 heavy (non-hydrogen) atoms. The van der Waals surface area contributed by atoms with Gasteiger partial charge in [0, 0.05) is 0 Å². The van der Waals surface area contributed by atoms with Gasteiger partial charge in [0.25, 0.3) is 0 Å². The fourth-order valence-corrected chi connectivity index (χ4v) is 9.68. The van der Waals surface area contributed by atoms with E-state index in [0.717, 1.165) is 0 Å². The predicted octanol–water partition coefficient (Wildman–Crippen LogP) is -12.2. The number of hydrogen-bond acceptors (Lipinski definition) is 31. The van der Waals surface area contributed by atoms with Crippen LogP contribution in [0, 0.1) is 0 Å². The minimum atomic E-state index is -5.06. The van der Waals surface area contributed by atoms with Crippen LogP contribution in [-0.2, 0) is 76.2 Å². The Labute approximate surface area is 389 Å². The lowest BCUT2D eigenvalue weighted by Crippen LogP contribution is -2.67. The van der Waals surface area contributed by atoms with E-state index in [1.54, 1.807) is 0 Å². The predicted molar refractivity (Wildman–Crippen MR) is 203 cm³/mol. The first kappa shape index (κ1) is 54.0. The number of hydrogen-bond donors (Lipinski definition) is 16. The maximum Gasteiger partial charge on any atom is 0.397 e. The van der Waals surface area contributed by atoms with Crippen molar-refractivity contribution in [2.24, 2.45) is 0 Å². The summed E-state index contributed by atoms with van der Waals surface area (Å²) in [6, 6.07) is 0. The maximum atomic E-state index is 11.5. The lowest BCUT2D eigenvalue weighted by molar-refractivity contribution is -0.382. The van der Waals surface area contributed by atoms with Gasteiger partial charge in [-0.25, -0.2) is 4.18 Å². The molecule has 0 radical (unpaired) electrons. The van der Waals surface area contributed by atoms with Crippen LogP contribution in [0.4, 0.5) is 0 Å². The van der Waals surface area contributed by atoms with E-state index in [2.05, 4.69) is 4.18 Å². The lowest BCUT2D eigenvalue weighted by Gasteiger charge is -2.48. The molecule has 1 unspecified atom stereocenters. The average Bonchev–Trinajstić information content (AvgIpc) is 3.80. The highest BCUT2D eigenvalue weighted by molar-refractivity contribution is 7.80. The van der Waals surface area contributed by atoms with Crippen molar-refractivity contribution in [3.63, 3.8) is 0 Å². The Morgan fingerprint density at radius 3 is 1.17 bits per heavy atom. The molecule has 0 aromatic carbocycles. The lowest BCUT2D eigenvalue weighted by atomic mass is 9.96. The van der Waals surface area contributed by atoms with Crippen LogP contribution >= 0.6 is 0 Å². The van der Waals surface area contributed by atoms with E-state index in [0.29, 0.717) is 0 Å². The van der Waals surface area contributed by atoms with E-state index >= 15 is 0 Å². The van der Waals surface area contributed by atoms with E-state index in [4.69, 9.17) is 66.1 Å². The summed E-state index contributed by atoms with van der Waals surface area (Å²) < 4.78 is 109. The van der Waals surface area contributed by atoms with Gasteiger partial charge < -0.3 is 138 Å². The molecular weight excluding hydrogens is 976 g/mol.